The zero-order chi connectivity index (χ0) is 22.6. The summed E-state index contributed by atoms with van der Waals surface area (Å²) in [7, 11) is 0. The van der Waals surface area contributed by atoms with Gasteiger partial charge in [0.15, 0.2) is 10.8 Å². The Morgan fingerprint density at radius 3 is 2.52 bits per heavy atom. The van der Waals surface area contributed by atoms with Crippen LogP contribution in [0.4, 0.5) is 5.69 Å². The van der Waals surface area contributed by atoms with Gasteiger partial charge in [0.05, 0.1) is 17.9 Å². The summed E-state index contributed by atoms with van der Waals surface area (Å²) in [4.78, 5) is 17.5. The van der Waals surface area contributed by atoms with Crippen LogP contribution in [-0.4, -0.2) is 37.8 Å². The number of ether oxygens (including phenoxy) is 1. The molecule has 1 amide bonds. The van der Waals surface area contributed by atoms with Gasteiger partial charge < -0.3 is 10.1 Å². The van der Waals surface area contributed by atoms with E-state index in [1.807, 2.05) is 90.2 Å². The highest BCUT2D eigenvalue weighted by atomic mass is 32.2. The van der Waals surface area contributed by atoms with Crippen LogP contribution in [-0.2, 0) is 4.79 Å². The number of nitrogens with zero attached hydrogens (tertiary/aromatic N) is 4. The molecule has 5 aromatic rings. The number of benzene rings is 3. The van der Waals surface area contributed by atoms with Crippen LogP contribution >= 0.6 is 11.8 Å². The van der Waals surface area contributed by atoms with Gasteiger partial charge in [-0.3, -0.25) is 9.20 Å². The monoisotopic (exact) mass is 455 g/mol. The van der Waals surface area contributed by atoms with Crippen molar-refractivity contribution in [3.63, 3.8) is 0 Å². The fraction of sp³-hybridized carbons (Fsp3) is 0.120. The van der Waals surface area contributed by atoms with E-state index >= 15 is 0 Å². The van der Waals surface area contributed by atoms with Crippen molar-refractivity contribution in [1.82, 2.24) is 19.6 Å². The second-order valence-electron chi connectivity index (χ2n) is 7.25. The molecule has 33 heavy (non-hydrogen) atoms. The predicted molar refractivity (Wildman–Crippen MR) is 131 cm³/mol. The zero-order valence-corrected chi connectivity index (χ0v) is 18.7. The Bertz CT molecular complexity index is 1420. The van der Waals surface area contributed by atoms with Crippen molar-refractivity contribution >= 4 is 39.9 Å². The van der Waals surface area contributed by atoms with Gasteiger partial charge in [0, 0.05) is 16.6 Å². The Morgan fingerprint density at radius 1 is 0.970 bits per heavy atom. The van der Waals surface area contributed by atoms with Crippen LogP contribution < -0.4 is 10.1 Å². The Hall–Kier alpha value is -3.91. The molecule has 7 nitrogen and oxygen atoms in total. The molecular formula is C25H21N5O2S. The molecule has 0 saturated carbocycles. The number of fused-ring (bicyclic) bond motifs is 3. The van der Waals surface area contributed by atoms with E-state index in [4.69, 9.17) is 9.72 Å². The predicted octanol–water partition coefficient (Wildman–Crippen LogP) is 5.07. The van der Waals surface area contributed by atoms with Crippen LogP contribution in [0.15, 0.2) is 84.0 Å². The number of para-hydroxylation sites is 1. The topological polar surface area (TPSA) is 81.4 Å². The molecule has 0 atom stereocenters. The number of carbonyl (C=O) groups excluding carboxylic acids is 1. The molecule has 0 fully saturated rings. The van der Waals surface area contributed by atoms with Gasteiger partial charge in [-0.2, -0.15) is 0 Å². The van der Waals surface area contributed by atoms with E-state index in [1.54, 1.807) is 0 Å². The first kappa shape index (κ1) is 21.0. The van der Waals surface area contributed by atoms with Crippen molar-refractivity contribution in [2.75, 3.05) is 17.7 Å². The average Bonchev–Trinajstić information content (AvgIpc) is 3.29. The molecule has 0 spiro atoms. The Kier molecular flexibility index (Phi) is 5.91. The first-order valence-corrected chi connectivity index (χ1v) is 11.6. The van der Waals surface area contributed by atoms with Crippen molar-refractivity contribution in [3.05, 3.63) is 78.9 Å². The molecule has 0 bridgehead atoms. The van der Waals surface area contributed by atoms with Crippen LogP contribution in [0.5, 0.6) is 5.75 Å². The number of rotatable bonds is 7. The summed E-state index contributed by atoms with van der Waals surface area (Å²) >= 11 is 1.33. The minimum Gasteiger partial charge on any atom is -0.494 e. The van der Waals surface area contributed by atoms with Gasteiger partial charge in [0.1, 0.15) is 11.6 Å². The van der Waals surface area contributed by atoms with Gasteiger partial charge >= 0.3 is 0 Å². The summed E-state index contributed by atoms with van der Waals surface area (Å²) in [5.41, 5.74) is 3.23. The standard InChI is InChI=1S/C25H21N5O2S/c1-2-32-19-14-12-18(13-15-19)26-22(31)16-33-25-29-28-24-20-10-6-7-11-21(20)27-23(30(24)25)17-8-4-3-5-9-17/h3-15H,2,16H2,1H3,(H,26,31). The van der Waals surface area contributed by atoms with E-state index in [2.05, 4.69) is 15.5 Å². The maximum atomic E-state index is 12.6. The smallest absolute Gasteiger partial charge is 0.234 e. The van der Waals surface area contributed by atoms with Gasteiger partial charge in [0.25, 0.3) is 0 Å². The van der Waals surface area contributed by atoms with Crippen LogP contribution in [0, 0.1) is 0 Å². The maximum Gasteiger partial charge on any atom is 0.234 e. The third-order valence-corrected chi connectivity index (χ3v) is 5.96. The number of nitrogens with one attached hydrogen (secondary N) is 1. The number of anilines is 1. The molecule has 2 aromatic heterocycles. The molecule has 0 saturated heterocycles. The van der Waals surface area contributed by atoms with Gasteiger partial charge in [-0.15, -0.1) is 10.2 Å². The number of amides is 1. The van der Waals surface area contributed by atoms with E-state index in [0.29, 0.717) is 23.1 Å². The van der Waals surface area contributed by atoms with E-state index < -0.39 is 0 Å². The minimum atomic E-state index is -0.129. The highest BCUT2D eigenvalue weighted by Gasteiger charge is 2.17. The Labute approximate surface area is 194 Å². The first-order chi connectivity index (χ1) is 16.2. The summed E-state index contributed by atoms with van der Waals surface area (Å²) in [5, 5.41) is 13.2. The third-order valence-electron chi connectivity index (χ3n) is 5.03. The van der Waals surface area contributed by atoms with Crippen molar-refractivity contribution in [2.45, 2.75) is 12.1 Å². The SMILES string of the molecule is CCOc1ccc(NC(=O)CSc2nnc3c4ccccc4nc(-c4ccccc4)n23)cc1. The summed E-state index contributed by atoms with van der Waals surface area (Å²) in [6.45, 7) is 2.53. The minimum absolute atomic E-state index is 0.129. The highest BCUT2D eigenvalue weighted by molar-refractivity contribution is 7.99. The third kappa shape index (κ3) is 4.38. The lowest BCUT2D eigenvalue weighted by Crippen LogP contribution is -2.14. The highest BCUT2D eigenvalue weighted by Crippen LogP contribution is 2.29. The lowest BCUT2D eigenvalue weighted by atomic mass is 10.2. The average molecular weight is 456 g/mol. The van der Waals surface area contributed by atoms with Gasteiger partial charge in [-0.1, -0.05) is 54.2 Å². The lowest BCUT2D eigenvalue weighted by molar-refractivity contribution is -0.113. The number of hydrogen-bond donors (Lipinski definition) is 1. The largest absolute Gasteiger partial charge is 0.494 e. The molecule has 0 radical (unpaired) electrons. The summed E-state index contributed by atoms with van der Waals surface area (Å²) in [6.07, 6.45) is 0. The molecule has 164 valence electrons. The summed E-state index contributed by atoms with van der Waals surface area (Å²) in [6, 6.07) is 25.1. The first-order valence-electron chi connectivity index (χ1n) is 10.6. The molecule has 3 aromatic carbocycles. The van der Waals surface area contributed by atoms with E-state index in [0.717, 1.165) is 28.0 Å². The van der Waals surface area contributed by atoms with Crippen LogP contribution in [0.3, 0.4) is 0 Å². The van der Waals surface area contributed by atoms with Crippen LogP contribution in [0.2, 0.25) is 0 Å². The van der Waals surface area contributed by atoms with Crippen molar-refractivity contribution < 1.29 is 9.53 Å². The lowest BCUT2D eigenvalue weighted by Gasteiger charge is -2.10. The Morgan fingerprint density at radius 2 is 1.73 bits per heavy atom. The van der Waals surface area contributed by atoms with Crippen molar-refractivity contribution in [3.8, 4) is 17.1 Å². The van der Waals surface area contributed by atoms with Crippen LogP contribution in [0.1, 0.15) is 6.92 Å². The quantitative estimate of drug-likeness (QED) is 0.345. The van der Waals surface area contributed by atoms with Gasteiger partial charge in [-0.25, -0.2) is 4.98 Å². The zero-order valence-electron chi connectivity index (χ0n) is 17.9. The maximum absolute atomic E-state index is 12.6. The molecule has 0 unspecified atom stereocenters. The molecule has 0 aliphatic carbocycles. The number of thioether (sulfide) groups is 1. The normalized spacial score (nSPS) is 11.1. The second-order valence-corrected chi connectivity index (χ2v) is 8.20. The summed E-state index contributed by atoms with van der Waals surface area (Å²) < 4.78 is 7.36. The second kappa shape index (κ2) is 9.30. The molecule has 5 rings (SSSR count). The fourth-order valence-corrected chi connectivity index (χ4v) is 4.30. The molecule has 1 N–H and O–H groups in total. The van der Waals surface area contributed by atoms with Crippen molar-refractivity contribution in [2.24, 2.45) is 0 Å². The number of aromatic nitrogens is 4. The summed E-state index contributed by atoms with van der Waals surface area (Å²) in [5.74, 6) is 1.57. The van der Waals surface area contributed by atoms with E-state index in [1.165, 1.54) is 11.8 Å². The molecule has 8 heteroatoms. The van der Waals surface area contributed by atoms with E-state index in [-0.39, 0.29) is 11.7 Å². The Balaban J connectivity index is 1.42. The molecule has 0 aliphatic heterocycles. The molecule has 0 aliphatic rings. The van der Waals surface area contributed by atoms with Gasteiger partial charge in [0.2, 0.25) is 5.91 Å². The van der Waals surface area contributed by atoms with Gasteiger partial charge in [-0.05, 0) is 43.3 Å². The molecular weight excluding hydrogens is 434 g/mol. The van der Waals surface area contributed by atoms with E-state index in [9.17, 15) is 4.79 Å². The van der Waals surface area contributed by atoms with Crippen molar-refractivity contribution in [1.29, 1.82) is 0 Å². The number of hydrogen-bond acceptors (Lipinski definition) is 6. The van der Waals surface area contributed by atoms with Crippen LogP contribution in [0.25, 0.3) is 27.9 Å². The molecule has 2 heterocycles. The fourth-order valence-electron chi connectivity index (χ4n) is 3.56. The number of carbonyl (C=O) groups is 1.